The van der Waals surface area contributed by atoms with Crippen LogP contribution in [0.1, 0.15) is 64.8 Å². The summed E-state index contributed by atoms with van der Waals surface area (Å²) in [5, 5.41) is 11.4. The molecule has 0 unspecified atom stereocenters. The van der Waals surface area contributed by atoms with Gasteiger partial charge in [-0.25, -0.2) is 9.78 Å². The van der Waals surface area contributed by atoms with Crippen LogP contribution in [0.3, 0.4) is 0 Å². The van der Waals surface area contributed by atoms with Gasteiger partial charge >= 0.3 is 5.97 Å². The third-order valence-electron chi connectivity index (χ3n) is 7.71. The van der Waals surface area contributed by atoms with Crippen molar-refractivity contribution >= 4 is 40.7 Å². The summed E-state index contributed by atoms with van der Waals surface area (Å²) in [7, 11) is 1.95. The average Bonchev–Trinajstić information content (AvgIpc) is 2.92. The lowest BCUT2D eigenvalue weighted by atomic mass is 9.82. The van der Waals surface area contributed by atoms with Crippen molar-refractivity contribution < 1.29 is 19.4 Å². The molecule has 2 aromatic heterocycles. The van der Waals surface area contributed by atoms with Crippen LogP contribution < -0.4 is 14.5 Å². The minimum absolute atomic E-state index is 0.226. The molecule has 0 saturated carbocycles. The smallest absolute Gasteiger partial charge is 0.337 e. The summed E-state index contributed by atoms with van der Waals surface area (Å²) in [6, 6.07) is 9.10. The summed E-state index contributed by atoms with van der Waals surface area (Å²) in [4.78, 5) is 26.3. The molecule has 1 aliphatic heterocycles. The minimum atomic E-state index is -1.16. The lowest BCUT2D eigenvalue weighted by Gasteiger charge is -2.41. The molecular formula is C33H42Cl2N4O4. The number of carbonyl (C=O) groups is 1. The number of piperidine rings is 1. The topological polar surface area (TPSA) is 88.0 Å². The summed E-state index contributed by atoms with van der Waals surface area (Å²) in [5.74, 6) is 0.317. The first-order valence-electron chi connectivity index (χ1n) is 14.6. The standard InChI is InChI=1S/C33H42Cl2N4O4/c1-21-28(30(31(40)41)43-32(2,3)4)29(39-14-12-33(5,6)13-15-39)24(20-36-21)22-8-11-27(37-19-22)38(7)16-17-42-26-10-9-23(34)18-25(26)35/h8-11,18-20,30H,12-17H2,1-7H3,(H,40,41)/t30-/m0/s1. The van der Waals surface area contributed by atoms with Crippen molar-refractivity contribution in [3.05, 3.63) is 64.0 Å². The number of halogens is 2. The molecule has 1 saturated heterocycles. The number of nitrogens with zero attached hydrogens (tertiary/aromatic N) is 4. The van der Waals surface area contributed by atoms with Gasteiger partial charge in [-0.15, -0.1) is 0 Å². The van der Waals surface area contributed by atoms with Crippen LogP contribution >= 0.6 is 23.2 Å². The van der Waals surface area contributed by atoms with Crippen LogP contribution in [0.15, 0.2) is 42.7 Å². The highest BCUT2D eigenvalue weighted by Gasteiger charge is 2.35. The van der Waals surface area contributed by atoms with Crippen LogP contribution in [0.2, 0.25) is 10.0 Å². The number of aryl methyl sites for hydroxylation is 1. The van der Waals surface area contributed by atoms with Crippen molar-refractivity contribution in [3.63, 3.8) is 0 Å². The Labute approximate surface area is 264 Å². The minimum Gasteiger partial charge on any atom is -0.490 e. The molecule has 232 valence electrons. The Kier molecular flexibility index (Phi) is 10.1. The van der Waals surface area contributed by atoms with Crippen LogP contribution in [-0.2, 0) is 9.53 Å². The number of hydrogen-bond donors (Lipinski definition) is 1. The van der Waals surface area contributed by atoms with Crippen LogP contribution in [0.25, 0.3) is 11.1 Å². The molecule has 43 heavy (non-hydrogen) atoms. The lowest BCUT2D eigenvalue weighted by molar-refractivity contribution is -0.160. The molecule has 0 amide bonds. The molecule has 0 bridgehead atoms. The first kappa shape index (κ1) is 32.8. The van der Waals surface area contributed by atoms with Crippen molar-refractivity contribution in [2.45, 2.75) is 66.1 Å². The number of ether oxygens (including phenoxy) is 2. The number of likely N-dealkylation sites (N-methyl/N-ethyl adjacent to an activating group) is 1. The molecule has 10 heteroatoms. The number of pyridine rings is 2. The van der Waals surface area contributed by atoms with Gasteiger partial charge in [-0.2, -0.15) is 0 Å². The first-order chi connectivity index (χ1) is 20.1. The Bertz CT molecular complexity index is 1430. The lowest BCUT2D eigenvalue weighted by Crippen LogP contribution is -2.39. The van der Waals surface area contributed by atoms with Gasteiger partial charge in [-0.1, -0.05) is 37.0 Å². The van der Waals surface area contributed by atoms with Gasteiger partial charge in [0.25, 0.3) is 0 Å². The molecule has 1 N–H and O–H groups in total. The Morgan fingerprint density at radius 1 is 1.12 bits per heavy atom. The highest BCUT2D eigenvalue weighted by atomic mass is 35.5. The maximum absolute atomic E-state index is 12.6. The number of carboxylic acid groups (broad SMARTS) is 1. The van der Waals surface area contributed by atoms with Gasteiger partial charge in [0.05, 0.1) is 22.9 Å². The number of anilines is 2. The van der Waals surface area contributed by atoms with E-state index in [0.717, 1.165) is 48.6 Å². The van der Waals surface area contributed by atoms with E-state index in [0.29, 0.717) is 40.2 Å². The van der Waals surface area contributed by atoms with E-state index >= 15 is 0 Å². The van der Waals surface area contributed by atoms with E-state index in [9.17, 15) is 9.90 Å². The molecule has 1 atom stereocenters. The van der Waals surface area contributed by atoms with Gasteiger partial charge in [0.1, 0.15) is 18.2 Å². The molecule has 1 fully saturated rings. The molecule has 0 radical (unpaired) electrons. The van der Waals surface area contributed by atoms with Crippen LogP contribution in [0, 0.1) is 12.3 Å². The summed E-state index contributed by atoms with van der Waals surface area (Å²) in [6.45, 7) is 14.6. The van der Waals surface area contributed by atoms with Crippen molar-refractivity contribution in [1.82, 2.24) is 9.97 Å². The number of aliphatic carboxylic acids is 1. The zero-order valence-electron chi connectivity index (χ0n) is 26.1. The van der Waals surface area contributed by atoms with Gasteiger partial charge < -0.3 is 24.4 Å². The largest absolute Gasteiger partial charge is 0.490 e. The quantitative estimate of drug-likeness (QED) is 0.243. The van der Waals surface area contributed by atoms with Crippen molar-refractivity contribution in [3.8, 4) is 16.9 Å². The van der Waals surface area contributed by atoms with E-state index in [1.54, 1.807) is 18.2 Å². The molecule has 0 spiro atoms. The maximum atomic E-state index is 12.6. The third-order valence-corrected chi connectivity index (χ3v) is 8.24. The fraction of sp³-hybridized carbons (Fsp3) is 0.485. The second-order valence-electron chi connectivity index (χ2n) is 12.9. The van der Waals surface area contributed by atoms with Crippen molar-refractivity contribution in [2.24, 2.45) is 5.41 Å². The van der Waals surface area contributed by atoms with Gasteiger partial charge in [0.2, 0.25) is 0 Å². The highest BCUT2D eigenvalue weighted by Crippen LogP contribution is 2.43. The zero-order chi connectivity index (χ0) is 31.5. The van der Waals surface area contributed by atoms with Gasteiger partial charge in [-0.05, 0) is 76.3 Å². The van der Waals surface area contributed by atoms with Crippen LogP contribution in [0.4, 0.5) is 11.5 Å². The highest BCUT2D eigenvalue weighted by molar-refractivity contribution is 6.35. The number of benzene rings is 1. The van der Waals surface area contributed by atoms with Gasteiger partial charge in [-0.3, -0.25) is 4.98 Å². The Morgan fingerprint density at radius 2 is 1.81 bits per heavy atom. The first-order valence-corrected chi connectivity index (χ1v) is 15.3. The predicted octanol–water partition coefficient (Wildman–Crippen LogP) is 7.84. The SMILES string of the molecule is Cc1ncc(-c2ccc(N(C)CCOc3ccc(Cl)cc3Cl)nc2)c(N2CCC(C)(C)CC2)c1[C@H](OC(C)(C)C)C(=O)O. The molecule has 8 nitrogen and oxygen atoms in total. The zero-order valence-corrected chi connectivity index (χ0v) is 27.6. The second kappa shape index (κ2) is 13.3. The number of hydrogen-bond acceptors (Lipinski definition) is 7. The van der Waals surface area contributed by atoms with E-state index < -0.39 is 17.7 Å². The van der Waals surface area contributed by atoms with E-state index in [-0.39, 0.29) is 5.41 Å². The fourth-order valence-electron chi connectivity index (χ4n) is 5.17. The molecule has 1 aromatic carbocycles. The number of rotatable bonds is 10. The van der Waals surface area contributed by atoms with E-state index in [1.165, 1.54) is 0 Å². The monoisotopic (exact) mass is 628 g/mol. The molecule has 1 aliphatic rings. The molecule has 0 aliphatic carbocycles. The second-order valence-corrected chi connectivity index (χ2v) is 13.7. The third kappa shape index (κ3) is 8.31. The van der Waals surface area contributed by atoms with E-state index in [2.05, 4.69) is 23.7 Å². The van der Waals surface area contributed by atoms with Crippen LogP contribution in [-0.4, -0.2) is 59.9 Å². The Morgan fingerprint density at radius 3 is 2.40 bits per heavy atom. The van der Waals surface area contributed by atoms with E-state index in [4.69, 9.17) is 37.7 Å². The summed E-state index contributed by atoms with van der Waals surface area (Å²) >= 11 is 12.2. The predicted molar refractivity (Wildman–Crippen MR) is 174 cm³/mol. The summed E-state index contributed by atoms with van der Waals surface area (Å²) in [6.07, 6.45) is 4.47. The average molecular weight is 630 g/mol. The normalized spacial score (nSPS) is 15.7. The molecule has 3 aromatic rings. The molecule has 4 rings (SSSR count). The van der Waals surface area contributed by atoms with Gasteiger partial charge in [0, 0.05) is 59.9 Å². The molecular weight excluding hydrogens is 587 g/mol. The van der Waals surface area contributed by atoms with Crippen molar-refractivity contribution in [1.29, 1.82) is 0 Å². The number of aromatic nitrogens is 2. The van der Waals surface area contributed by atoms with Crippen LogP contribution in [0.5, 0.6) is 5.75 Å². The van der Waals surface area contributed by atoms with Crippen molar-refractivity contribution in [2.75, 3.05) is 43.1 Å². The molecule has 3 heterocycles. The summed E-state index contributed by atoms with van der Waals surface area (Å²) < 4.78 is 12.0. The maximum Gasteiger partial charge on any atom is 0.337 e. The Balaban J connectivity index is 1.64. The summed E-state index contributed by atoms with van der Waals surface area (Å²) in [5.41, 5.74) is 3.35. The number of carboxylic acids is 1. The van der Waals surface area contributed by atoms with Gasteiger partial charge in [0.15, 0.2) is 6.10 Å². The fourth-order valence-corrected chi connectivity index (χ4v) is 5.63. The Hall–Kier alpha value is -3.07. The van der Waals surface area contributed by atoms with E-state index in [1.807, 2.05) is 64.2 Å².